The van der Waals surface area contributed by atoms with Gasteiger partial charge in [0.05, 0.1) is 0 Å². The zero-order chi connectivity index (χ0) is 9.14. The predicted octanol–water partition coefficient (Wildman–Crippen LogP) is -1.03. The molecule has 0 spiro atoms. The molecule has 0 aliphatic rings. The van der Waals surface area contributed by atoms with Gasteiger partial charge in [0.25, 0.3) is 5.56 Å². The summed E-state index contributed by atoms with van der Waals surface area (Å²) in [5.74, 6) is -2.75. The lowest BCUT2D eigenvalue weighted by atomic mass is 10.5. The summed E-state index contributed by atoms with van der Waals surface area (Å²) in [4.78, 5) is 34.4. The third kappa shape index (κ3) is 1.54. The number of carbonyl (C=O) groups excluding carboxylic acids is 1. The van der Waals surface area contributed by atoms with E-state index in [4.69, 9.17) is 5.11 Å². The summed E-state index contributed by atoms with van der Waals surface area (Å²) in [6, 6.07) is 1.00. The molecule has 0 aliphatic heterocycles. The van der Waals surface area contributed by atoms with Gasteiger partial charge >= 0.3 is 11.9 Å². The molecule has 12 heavy (non-hydrogen) atoms. The lowest BCUT2D eigenvalue weighted by Crippen LogP contribution is -2.22. The zero-order valence-corrected chi connectivity index (χ0v) is 5.80. The lowest BCUT2D eigenvalue weighted by molar-refractivity contribution is -0.132. The molecule has 0 saturated carbocycles. The first kappa shape index (κ1) is 8.12. The maximum Gasteiger partial charge on any atom is 0.395 e. The van der Waals surface area contributed by atoms with E-state index >= 15 is 0 Å². The molecule has 1 N–H and O–H groups in total. The fourth-order valence-electron chi connectivity index (χ4n) is 0.575. The summed E-state index contributed by atoms with van der Waals surface area (Å²) in [7, 11) is 0. The molecule has 0 amide bonds. The molecule has 1 aromatic rings. The number of rotatable bonds is 0. The third-order valence-corrected chi connectivity index (χ3v) is 1.10. The van der Waals surface area contributed by atoms with E-state index in [9.17, 15) is 14.4 Å². The van der Waals surface area contributed by atoms with Crippen molar-refractivity contribution in [3.63, 3.8) is 0 Å². The molecular formula is C6H4N2O4. The van der Waals surface area contributed by atoms with Crippen LogP contribution in [0.4, 0.5) is 0 Å². The Kier molecular flexibility index (Phi) is 2.00. The number of carboxylic acids is 1. The van der Waals surface area contributed by atoms with Crippen LogP contribution in [0.1, 0.15) is 4.79 Å². The fraction of sp³-hybridized carbons (Fsp3) is 0. The number of aromatic nitrogens is 2. The average molecular weight is 168 g/mol. The second kappa shape index (κ2) is 2.95. The van der Waals surface area contributed by atoms with Crippen LogP contribution in [0.2, 0.25) is 0 Å². The maximum atomic E-state index is 10.7. The maximum absolute atomic E-state index is 10.7. The second-order valence-corrected chi connectivity index (χ2v) is 1.92. The van der Waals surface area contributed by atoms with E-state index in [1.807, 2.05) is 0 Å². The Morgan fingerprint density at radius 3 is 2.58 bits per heavy atom. The van der Waals surface area contributed by atoms with Gasteiger partial charge in [-0.1, -0.05) is 0 Å². The summed E-state index contributed by atoms with van der Waals surface area (Å²) >= 11 is 0. The standard InChI is InChI=1S/C6H4N2O4/c9-4-1-2-8(3-7-4)5(10)6(11)12/h1-3H,(H,11,12). The minimum absolute atomic E-state index is 0.524. The third-order valence-electron chi connectivity index (χ3n) is 1.10. The molecule has 1 heterocycles. The molecule has 0 atom stereocenters. The Labute approximate surface area is 66.1 Å². The van der Waals surface area contributed by atoms with Crippen LogP contribution in [-0.4, -0.2) is 26.5 Å². The Morgan fingerprint density at radius 2 is 2.17 bits per heavy atom. The molecule has 6 nitrogen and oxygen atoms in total. The topological polar surface area (TPSA) is 89.3 Å². The number of hydrogen-bond donors (Lipinski definition) is 1. The first-order valence-corrected chi connectivity index (χ1v) is 2.93. The van der Waals surface area contributed by atoms with E-state index < -0.39 is 17.4 Å². The van der Waals surface area contributed by atoms with Gasteiger partial charge in [-0.15, -0.1) is 0 Å². The van der Waals surface area contributed by atoms with Crippen LogP contribution >= 0.6 is 0 Å². The Bertz CT molecular complexity index is 361. The van der Waals surface area contributed by atoms with Crippen LogP contribution in [-0.2, 0) is 4.79 Å². The van der Waals surface area contributed by atoms with Gasteiger partial charge < -0.3 is 5.11 Å². The number of carbonyl (C=O) groups is 2. The van der Waals surface area contributed by atoms with Crippen molar-refractivity contribution in [2.45, 2.75) is 0 Å². The Hall–Kier alpha value is -1.98. The SMILES string of the molecule is O=C(O)C(=O)n1ccc(=O)nc1. The number of hydrogen-bond acceptors (Lipinski definition) is 4. The molecule has 0 bridgehead atoms. The molecular weight excluding hydrogens is 164 g/mol. The monoisotopic (exact) mass is 168 g/mol. The van der Waals surface area contributed by atoms with E-state index in [1.54, 1.807) is 0 Å². The zero-order valence-electron chi connectivity index (χ0n) is 5.80. The van der Waals surface area contributed by atoms with Gasteiger partial charge in [0.2, 0.25) is 0 Å². The molecule has 6 heteroatoms. The molecule has 0 unspecified atom stereocenters. The van der Waals surface area contributed by atoms with Crippen molar-refractivity contribution in [2.24, 2.45) is 0 Å². The van der Waals surface area contributed by atoms with Gasteiger partial charge in [0.15, 0.2) is 0 Å². The van der Waals surface area contributed by atoms with E-state index in [0.717, 1.165) is 18.6 Å². The van der Waals surface area contributed by atoms with Crippen LogP contribution < -0.4 is 5.56 Å². The molecule has 1 rings (SSSR count). The first-order chi connectivity index (χ1) is 5.61. The van der Waals surface area contributed by atoms with Crippen molar-refractivity contribution >= 4 is 11.9 Å². The summed E-state index contributed by atoms with van der Waals surface area (Å²) < 4.78 is 0.712. The van der Waals surface area contributed by atoms with Gasteiger partial charge in [0.1, 0.15) is 6.33 Å². The highest BCUT2D eigenvalue weighted by Gasteiger charge is 2.11. The highest BCUT2D eigenvalue weighted by atomic mass is 16.4. The lowest BCUT2D eigenvalue weighted by Gasteiger charge is -1.96. The number of aliphatic carboxylic acids is 1. The molecule has 0 radical (unpaired) electrons. The second-order valence-electron chi connectivity index (χ2n) is 1.92. The molecule has 0 saturated heterocycles. The number of nitrogens with zero attached hydrogens (tertiary/aromatic N) is 2. The van der Waals surface area contributed by atoms with Crippen LogP contribution in [0.3, 0.4) is 0 Å². The Balaban J connectivity index is 3.05. The van der Waals surface area contributed by atoms with Crippen molar-refractivity contribution in [2.75, 3.05) is 0 Å². The van der Waals surface area contributed by atoms with Crippen LogP contribution in [0, 0.1) is 0 Å². The highest BCUT2D eigenvalue weighted by molar-refractivity contribution is 6.32. The van der Waals surface area contributed by atoms with Crippen molar-refractivity contribution < 1.29 is 14.7 Å². The molecule has 0 fully saturated rings. The average Bonchev–Trinajstić information content (AvgIpc) is 2.04. The van der Waals surface area contributed by atoms with Gasteiger partial charge in [-0.25, -0.2) is 4.79 Å². The van der Waals surface area contributed by atoms with Crippen molar-refractivity contribution in [1.29, 1.82) is 0 Å². The van der Waals surface area contributed by atoms with Gasteiger partial charge in [-0.05, 0) is 0 Å². The van der Waals surface area contributed by atoms with Gasteiger partial charge in [0, 0.05) is 12.3 Å². The highest BCUT2D eigenvalue weighted by Crippen LogP contribution is 1.81. The Morgan fingerprint density at radius 1 is 1.50 bits per heavy atom. The van der Waals surface area contributed by atoms with E-state index in [2.05, 4.69) is 4.98 Å². The van der Waals surface area contributed by atoms with Gasteiger partial charge in [-0.2, -0.15) is 4.98 Å². The van der Waals surface area contributed by atoms with Crippen molar-refractivity contribution in [1.82, 2.24) is 9.55 Å². The van der Waals surface area contributed by atoms with Crippen molar-refractivity contribution in [3.8, 4) is 0 Å². The molecule has 0 aliphatic carbocycles. The van der Waals surface area contributed by atoms with Crippen LogP contribution in [0.5, 0.6) is 0 Å². The quantitative estimate of drug-likeness (QED) is 0.500. The van der Waals surface area contributed by atoms with E-state index in [0.29, 0.717) is 4.57 Å². The summed E-state index contributed by atoms with van der Waals surface area (Å²) in [6.45, 7) is 0. The van der Waals surface area contributed by atoms with Crippen LogP contribution in [0.15, 0.2) is 23.4 Å². The minimum Gasteiger partial charge on any atom is -0.474 e. The largest absolute Gasteiger partial charge is 0.474 e. The van der Waals surface area contributed by atoms with Gasteiger partial charge in [-0.3, -0.25) is 14.2 Å². The van der Waals surface area contributed by atoms with E-state index in [1.165, 1.54) is 0 Å². The predicted molar refractivity (Wildman–Crippen MR) is 36.8 cm³/mol. The first-order valence-electron chi connectivity index (χ1n) is 2.93. The summed E-state index contributed by atoms with van der Waals surface area (Å²) in [6.07, 6.45) is 1.91. The minimum atomic E-state index is -1.60. The van der Waals surface area contributed by atoms with Crippen LogP contribution in [0.25, 0.3) is 0 Å². The number of carboxylic acid groups (broad SMARTS) is 1. The van der Waals surface area contributed by atoms with E-state index in [-0.39, 0.29) is 0 Å². The molecule has 1 aromatic heterocycles. The normalized spacial score (nSPS) is 9.33. The molecule has 62 valence electrons. The fourth-order valence-corrected chi connectivity index (χ4v) is 0.575. The summed E-state index contributed by atoms with van der Waals surface area (Å²) in [5.41, 5.74) is -0.524. The molecule has 0 aromatic carbocycles. The smallest absolute Gasteiger partial charge is 0.395 e. The summed E-state index contributed by atoms with van der Waals surface area (Å²) in [5, 5.41) is 8.23. The van der Waals surface area contributed by atoms with Crippen molar-refractivity contribution in [3.05, 3.63) is 28.9 Å².